The number of benzene rings is 1. The number of carbonyl (C=O) groups excluding carboxylic acids is 3. The van der Waals surface area contributed by atoms with Gasteiger partial charge < -0.3 is 19.9 Å². The van der Waals surface area contributed by atoms with E-state index in [2.05, 4.69) is 15.6 Å². The number of thiophene rings is 1. The highest BCUT2D eigenvalue weighted by Gasteiger charge is 2.19. The lowest BCUT2D eigenvalue weighted by Gasteiger charge is -2.25. The van der Waals surface area contributed by atoms with Gasteiger partial charge in [-0.3, -0.25) is 15.1 Å². The molecule has 2 aromatic heterocycles. The highest BCUT2D eigenvalue weighted by Crippen LogP contribution is 2.23. The van der Waals surface area contributed by atoms with Gasteiger partial charge in [-0.25, -0.2) is 9.59 Å². The van der Waals surface area contributed by atoms with Gasteiger partial charge in [0.05, 0.1) is 5.69 Å². The zero-order valence-electron chi connectivity index (χ0n) is 23.2. The van der Waals surface area contributed by atoms with Crippen LogP contribution in [-0.2, 0) is 24.2 Å². The minimum atomic E-state index is -0.619. The number of urea groups is 1. The van der Waals surface area contributed by atoms with E-state index < -0.39 is 11.7 Å². The predicted octanol–water partition coefficient (Wildman–Crippen LogP) is 5.19. The van der Waals surface area contributed by atoms with Gasteiger partial charge in [-0.15, -0.1) is 11.3 Å². The molecule has 3 rings (SSSR count). The molecule has 10 heteroatoms. The zero-order chi connectivity index (χ0) is 28.4. The fourth-order valence-corrected chi connectivity index (χ4v) is 4.40. The molecule has 0 bridgehead atoms. The van der Waals surface area contributed by atoms with Crippen molar-refractivity contribution >= 4 is 34.9 Å². The molecule has 0 spiro atoms. The number of Topliss-reactive ketones (excluding diaryl/α,β-unsaturated/α-hetero) is 1. The lowest BCUT2D eigenvalue weighted by molar-refractivity contribution is 0.0635. The van der Waals surface area contributed by atoms with Crippen LogP contribution >= 0.6 is 11.3 Å². The maximum Gasteiger partial charge on any atom is 0.412 e. The molecular formula is C29H37N5O4S. The van der Waals surface area contributed by atoms with Gasteiger partial charge in [0.2, 0.25) is 0 Å². The Morgan fingerprint density at radius 1 is 0.974 bits per heavy atom. The van der Waals surface area contributed by atoms with E-state index in [1.165, 1.54) is 11.3 Å². The van der Waals surface area contributed by atoms with Gasteiger partial charge in [0.1, 0.15) is 11.3 Å². The highest BCUT2D eigenvalue weighted by atomic mass is 32.1. The molecule has 208 valence electrons. The molecule has 0 atom stereocenters. The Balaban J connectivity index is 1.61. The van der Waals surface area contributed by atoms with E-state index in [1.54, 1.807) is 43.3 Å². The number of pyridine rings is 1. The third-order valence-electron chi connectivity index (χ3n) is 5.60. The number of likely N-dealkylation sites (N-methyl/N-ethyl adjacent to an activating group) is 1. The van der Waals surface area contributed by atoms with Crippen LogP contribution in [0, 0.1) is 0 Å². The second-order valence-electron chi connectivity index (χ2n) is 10.5. The van der Waals surface area contributed by atoms with E-state index in [1.807, 2.05) is 60.8 Å². The molecule has 0 aliphatic heterocycles. The Morgan fingerprint density at radius 2 is 1.72 bits per heavy atom. The number of nitrogens with zero attached hydrogens (tertiary/aromatic N) is 3. The van der Waals surface area contributed by atoms with Crippen LogP contribution in [0.15, 0.2) is 59.4 Å². The molecule has 0 unspecified atom stereocenters. The second-order valence-corrected chi connectivity index (χ2v) is 11.2. The molecule has 3 amide bonds. The topological polar surface area (TPSA) is 104 Å². The highest BCUT2D eigenvalue weighted by molar-refractivity contribution is 7.08. The SMILES string of the molecule is CN(C)CCN(Cc1ccc(C(=O)Cc2cscc2NC(=O)OC(C)(C)C)nc1)C(=O)NCc1ccccc1. The van der Waals surface area contributed by atoms with Crippen molar-refractivity contribution in [2.24, 2.45) is 0 Å². The summed E-state index contributed by atoms with van der Waals surface area (Å²) in [4.78, 5) is 46.2. The maximum absolute atomic E-state index is 13.0. The van der Waals surface area contributed by atoms with E-state index in [4.69, 9.17) is 4.74 Å². The number of ether oxygens (including phenoxy) is 1. The molecule has 0 saturated heterocycles. The summed E-state index contributed by atoms with van der Waals surface area (Å²) in [6.07, 6.45) is 1.16. The fraction of sp³-hybridized carbons (Fsp3) is 0.379. The van der Waals surface area contributed by atoms with Gasteiger partial charge in [0.25, 0.3) is 0 Å². The molecule has 0 radical (unpaired) electrons. The third kappa shape index (κ3) is 10.1. The summed E-state index contributed by atoms with van der Waals surface area (Å²) in [5.41, 5.74) is 2.80. The van der Waals surface area contributed by atoms with Crippen LogP contribution in [0.4, 0.5) is 15.3 Å². The molecule has 39 heavy (non-hydrogen) atoms. The summed E-state index contributed by atoms with van der Waals surface area (Å²) >= 11 is 1.39. The Labute approximate surface area is 234 Å². The molecule has 1 aromatic carbocycles. The molecule has 2 N–H and O–H groups in total. The molecule has 0 aliphatic carbocycles. The summed E-state index contributed by atoms with van der Waals surface area (Å²) in [5, 5.41) is 9.30. The van der Waals surface area contributed by atoms with Crippen LogP contribution in [0.5, 0.6) is 0 Å². The zero-order valence-corrected chi connectivity index (χ0v) is 24.0. The molecule has 3 aromatic rings. The summed E-state index contributed by atoms with van der Waals surface area (Å²) in [7, 11) is 3.92. The normalized spacial score (nSPS) is 11.2. The average Bonchev–Trinajstić information content (AvgIpc) is 3.30. The van der Waals surface area contributed by atoms with Gasteiger partial charge in [-0.2, -0.15) is 0 Å². The number of rotatable bonds is 11. The molecule has 9 nitrogen and oxygen atoms in total. The van der Waals surface area contributed by atoms with Crippen molar-refractivity contribution < 1.29 is 19.1 Å². The van der Waals surface area contributed by atoms with E-state index in [9.17, 15) is 14.4 Å². The minimum Gasteiger partial charge on any atom is -0.444 e. The predicted molar refractivity (Wildman–Crippen MR) is 154 cm³/mol. The van der Waals surface area contributed by atoms with Crippen molar-refractivity contribution in [3.05, 3.63) is 81.8 Å². The van der Waals surface area contributed by atoms with Crippen molar-refractivity contribution in [1.82, 2.24) is 20.1 Å². The molecule has 0 aliphatic rings. The lowest BCUT2D eigenvalue weighted by Crippen LogP contribution is -2.42. The van der Waals surface area contributed by atoms with Crippen LogP contribution in [0.2, 0.25) is 0 Å². The first kappa shape index (κ1) is 29.8. The number of hydrogen-bond acceptors (Lipinski definition) is 7. The van der Waals surface area contributed by atoms with Crippen molar-refractivity contribution in [3.63, 3.8) is 0 Å². The Hall–Kier alpha value is -3.76. The van der Waals surface area contributed by atoms with Crippen LogP contribution in [0.3, 0.4) is 0 Å². The van der Waals surface area contributed by atoms with E-state index in [-0.39, 0.29) is 18.2 Å². The Kier molecular flexibility index (Phi) is 10.6. The second kappa shape index (κ2) is 13.9. The van der Waals surface area contributed by atoms with Crippen molar-refractivity contribution in [2.45, 2.75) is 45.9 Å². The number of ketones is 1. The van der Waals surface area contributed by atoms with Gasteiger partial charge in [-0.1, -0.05) is 36.4 Å². The smallest absolute Gasteiger partial charge is 0.412 e. The van der Waals surface area contributed by atoms with Gasteiger partial charge in [0.15, 0.2) is 5.78 Å². The maximum atomic E-state index is 13.0. The first-order chi connectivity index (χ1) is 18.5. The molecule has 0 saturated carbocycles. The first-order valence-corrected chi connectivity index (χ1v) is 13.7. The largest absolute Gasteiger partial charge is 0.444 e. The molecule has 2 heterocycles. The Morgan fingerprint density at radius 3 is 2.36 bits per heavy atom. The summed E-state index contributed by atoms with van der Waals surface area (Å²) in [6, 6.07) is 13.1. The van der Waals surface area contributed by atoms with Crippen molar-refractivity contribution in [1.29, 1.82) is 0 Å². The van der Waals surface area contributed by atoms with Crippen molar-refractivity contribution in [3.8, 4) is 0 Å². The van der Waals surface area contributed by atoms with Gasteiger partial charge in [-0.05, 0) is 63.0 Å². The van der Waals surface area contributed by atoms with E-state index in [0.717, 1.165) is 11.1 Å². The van der Waals surface area contributed by atoms with Crippen LogP contribution in [0.1, 0.15) is 48.0 Å². The monoisotopic (exact) mass is 551 g/mol. The van der Waals surface area contributed by atoms with E-state index >= 15 is 0 Å². The standard InChI is InChI=1S/C29H37N5O4S/c1-29(2,3)38-28(37)32-25-20-39-19-23(25)15-26(35)24-12-11-22(17-30-24)18-34(14-13-33(4)5)27(36)31-16-21-9-7-6-8-10-21/h6-12,17,19-20H,13-16,18H2,1-5H3,(H,31,36)(H,32,37). The van der Waals surface area contributed by atoms with Gasteiger partial charge >= 0.3 is 12.1 Å². The number of nitrogens with one attached hydrogen (secondary N) is 2. The first-order valence-electron chi connectivity index (χ1n) is 12.7. The quantitative estimate of drug-likeness (QED) is 0.318. The number of anilines is 1. The van der Waals surface area contributed by atoms with Crippen LogP contribution in [-0.4, -0.2) is 65.5 Å². The van der Waals surface area contributed by atoms with Gasteiger partial charge in [0, 0.05) is 44.2 Å². The molecule has 0 fully saturated rings. The number of carbonyl (C=O) groups is 3. The minimum absolute atomic E-state index is 0.0951. The number of hydrogen-bond donors (Lipinski definition) is 2. The summed E-state index contributed by atoms with van der Waals surface area (Å²) in [6.45, 7) is 7.43. The Bertz CT molecular complexity index is 1240. The number of amides is 3. The average molecular weight is 552 g/mol. The lowest BCUT2D eigenvalue weighted by atomic mass is 10.1. The summed E-state index contributed by atoms with van der Waals surface area (Å²) < 4.78 is 5.31. The number of aromatic nitrogens is 1. The fourth-order valence-electron chi connectivity index (χ4n) is 3.61. The van der Waals surface area contributed by atoms with Crippen LogP contribution < -0.4 is 10.6 Å². The molecular weight excluding hydrogens is 514 g/mol. The van der Waals surface area contributed by atoms with E-state index in [0.29, 0.717) is 43.1 Å². The van der Waals surface area contributed by atoms with Crippen LogP contribution in [0.25, 0.3) is 0 Å². The summed E-state index contributed by atoms with van der Waals surface area (Å²) in [5.74, 6) is -0.169. The third-order valence-corrected chi connectivity index (χ3v) is 6.40. The van der Waals surface area contributed by atoms with Crippen molar-refractivity contribution in [2.75, 3.05) is 32.5 Å².